The van der Waals surface area contributed by atoms with Gasteiger partial charge in [0.25, 0.3) is 5.69 Å². The highest BCUT2D eigenvalue weighted by atomic mass is 16.6. The number of hydrogen-bond acceptors (Lipinski definition) is 5. The van der Waals surface area contributed by atoms with E-state index in [0.29, 0.717) is 16.8 Å². The van der Waals surface area contributed by atoms with E-state index in [2.05, 4.69) is 9.97 Å². The van der Waals surface area contributed by atoms with Crippen LogP contribution >= 0.6 is 0 Å². The van der Waals surface area contributed by atoms with Crippen molar-refractivity contribution in [2.75, 3.05) is 7.11 Å². The number of benzene rings is 1. The summed E-state index contributed by atoms with van der Waals surface area (Å²) in [5.74, 6) is 0.412. The number of non-ortho nitro benzene ring substituents is 1. The van der Waals surface area contributed by atoms with Crippen molar-refractivity contribution < 1.29 is 9.66 Å². The quantitative estimate of drug-likeness (QED) is 0.549. The number of aromatic nitrogens is 2. The van der Waals surface area contributed by atoms with Gasteiger partial charge in [0.05, 0.1) is 22.9 Å². The molecule has 1 heterocycles. The third kappa shape index (κ3) is 1.56. The Hall–Kier alpha value is -2.24. The van der Waals surface area contributed by atoms with Crippen molar-refractivity contribution in [3.05, 3.63) is 34.6 Å². The van der Waals surface area contributed by atoms with Crippen LogP contribution in [0.1, 0.15) is 0 Å². The molecule has 0 saturated carbocycles. The summed E-state index contributed by atoms with van der Waals surface area (Å²) < 4.78 is 5.01. The summed E-state index contributed by atoms with van der Waals surface area (Å²) in [6.45, 7) is 0. The van der Waals surface area contributed by atoms with Crippen molar-refractivity contribution in [2.45, 2.75) is 0 Å². The minimum Gasteiger partial charge on any atom is -0.480 e. The molecule has 0 N–H and O–H groups in total. The number of hydrogen-bond donors (Lipinski definition) is 0. The van der Waals surface area contributed by atoms with Crippen LogP contribution in [-0.2, 0) is 0 Å². The van der Waals surface area contributed by atoms with Crippen LogP contribution in [0, 0.1) is 10.1 Å². The van der Waals surface area contributed by atoms with Gasteiger partial charge in [0.2, 0.25) is 5.88 Å². The van der Waals surface area contributed by atoms with Gasteiger partial charge in [-0.1, -0.05) is 0 Å². The van der Waals surface area contributed by atoms with E-state index < -0.39 is 4.92 Å². The van der Waals surface area contributed by atoms with E-state index in [9.17, 15) is 10.1 Å². The first-order valence-electron chi connectivity index (χ1n) is 4.15. The standard InChI is InChI=1S/C9H7N3O3/c1-15-9-7-3-2-6(12(13)14)4-8(7)10-5-11-9/h2-5H,1H3. The van der Waals surface area contributed by atoms with Gasteiger partial charge in [-0.25, -0.2) is 9.97 Å². The molecule has 1 aromatic heterocycles. The first-order chi connectivity index (χ1) is 7.22. The summed E-state index contributed by atoms with van der Waals surface area (Å²) in [5, 5.41) is 11.2. The highest BCUT2D eigenvalue weighted by molar-refractivity contribution is 5.85. The van der Waals surface area contributed by atoms with E-state index >= 15 is 0 Å². The second-order valence-electron chi connectivity index (χ2n) is 2.84. The van der Waals surface area contributed by atoms with Gasteiger partial charge in [0.15, 0.2) is 0 Å². The fourth-order valence-electron chi connectivity index (χ4n) is 1.30. The minimum absolute atomic E-state index is 0.00301. The fourth-order valence-corrected chi connectivity index (χ4v) is 1.30. The van der Waals surface area contributed by atoms with Gasteiger partial charge in [0.1, 0.15) is 6.33 Å². The van der Waals surface area contributed by atoms with Crippen molar-refractivity contribution >= 4 is 16.6 Å². The molecule has 2 rings (SSSR count). The summed E-state index contributed by atoms with van der Waals surface area (Å²) in [5.41, 5.74) is 0.499. The van der Waals surface area contributed by atoms with E-state index in [0.717, 1.165) is 0 Å². The highest BCUT2D eigenvalue weighted by Crippen LogP contribution is 2.24. The Balaban J connectivity index is 2.69. The molecule has 0 saturated heterocycles. The molecule has 6 heteroatoms. The number of nitrogens with zero attached hydrogens (tertiary/aromatic N) is 3. The van der Waals surface area contributed by atoms with Crippen molar-refractivity contribution in [1.29, 1.82) is 0 Å². The molecule has 0 radical (unpaired) electrons. The van der Waals surface area contributed by atoms with Gasteiger partial charge < -0.3 is 4.74 Å². The van der Waals surface area contributed by atoms with Gasteiger partial charge in [-0.05, 0) is 6.07 Å². The molecule has 0 spiro atoms. The number of ether oxygens (including phenoxy) is 1. The third-order valence-corrected chi connectivity index (χ3v) is 1.99. The second-order valence-corrected chi connectivity index (χ2v) is 2.84. The average molecular weight is 205 g/mol. The zero-order valence-electron chi connectivity index (χ0n) is 7.88. The Labute approximate surface area is 84.7 Å². The summed E-state index contributed by atoms with van der Waals surface area (Å²) in [6, 6.07) is 4.36. The molecule has 0 aliphatic rings. The number of nitro groups is 1. The van der Waals surface area contributed by atoms with Crippen molar-refractivity contribution in [2.24, 2.45) is 0 Å². The normalized spacial score (nSPS) is 10.2. The smallest absolute Gasteiger partial charge is 0.271 e. The number of rotatable bonds is 2. The van der Waals surface area contributed by atoms with Crippen LogP contribution in [-0.4, -0.2) is 22.0 Å². The summed E-state index contributed by atoms with van der Waals surface area (Å²) in [4.78, 5) is 17.9. The zero-order valence-corrected chi connectivity index (χ0v) is 7.88. The van der Waals surface area contributed by atoms with Crippen molar-refractivity contribution in [3.8, 4) is 5.88 Å². The third-order valence-electron chi connectivity index (χ3n) is 1.99. The Bertz CT molecular complexity index is 527. The Morgan fingerprint density at radius 3 is 2.87 bits per heavy atom. The molecule has 0 amide bonds. The van der Waals surface area contributed by atoms with Crippen LogP contribution in [0.2, 0.25) is 0 Å². The molecule has 0 bridgehead atoms. The molecular weight excluding hydrogens is 198 g/mol. The molecule has 0 atom stereocenters. The summed E-state index contributed by atoms with van der Waals surface area (Å²) in [6.07, 6.45) is 1.31. The molecule has 0 fully saturated rings. The van der Waals surface area contributed by atoms with Gasteiger partial charge in [-0.15, -0.1) is 0 Å². The predicted molar refractivity (Wildman–Crippen MR) is 52.7 cm³/mol. The summed E-state index contributed by atoms with van der Waals surface area (Å²) >= 11 is 0. The van der Waals surface area contributed by atoms with Crippen LogP contribution in [0.15, 0.2) is 24.5 Å². The fraction of sp³-hybridized carbons (Fsp3) is 0.111. The molecule has 6 nitrogen and oxygen atoms in total. The molecule has 0 aliphatic heterocycles. The molecule has 1 aromatic carbocycles. The van der Waals surface area contributed by atoms with E-state index in [1.807, 2.05) is 0 Å². The molecule has 76 valence electrons. The van der Waals surface area contributed by atoms with Crippen LogP contribution in [0.25, 0.3) is 10.9 Å². The maximum Gasteiger partial charge on any atom is 0.271 e. The molecule has 2 aromatic rings. The van der Waals surface area contributed by atoms with Crippen LogP contribution in [0.4, 0.5) is 5.69 Å². The first-order valence-corrected chi connectivity index (χ1v) is 4.15. The minimum atomic E-state index is -0.464. The van der Waals surface area contributed by atoms with Crippen LogP contribution in [0.3, 0.4) is 0 Å². The lowest BCUT2D eigenvalue weighted by molar-refractivity contribution is -0.384. The topological polar surface area (TPSA) is 78.2 Å². The van der Waals surface area contributed by atoms with Crippen LogP contribution in [0.5, 0.6) is 5.88 Å². The van der Waals surface area contributed by atoms with E-state index in [1.54, 1.807) is 6.07 Å². The van der Waals surface area contributed by atoms with E-state index in [4.69, 9.17) is 4.74 Å². The Kier molecular flexibility index (Phi) is 2.17. The number of nitro benzene ring substituents is 1. The lowest BCUT2D eigenvalue weighted by atomic mass is 10.2. The van der Waals surface area contributed by atoms with Crippen molar-refractivity contribution in [3.63, 3.8) is 0 Å². The zero-order chi connectivity index (χ0) is 10.8. The van der Waals surface area contributed by atoms with Gasteiger partial charge in [-0.2, -0.15) is 0 Å². The van der Waals surface area contributed by atoms with Crippen molar-refractivity contribution in [1.82, 2.24) is 9.97 Å². The summed E-state index contributed by atoms with van der Waals surface area (Å²) in [7, 11) is 1.49. The second kappa shape index (κ2) is 3.49. The number of fused-ring (bicyclic) bond motifs is 1. The van der Waals surface area contributed by atoms with Gasteiger partial charge in [0, 0.05) is 12.1 Å². The average Bonchev–Trinajstić information content (AvgIpc) is 2.27. The Morgan fingerprint density at radius 1 is 1.40 bits per heavy atom. The maximum absolute atomic E-state index is 10.5. The lowest BCUT2D eigenvalue weighted by Crippen LogP contribution is -1.92. The van der Waals surface area contributed by atoms with E-state index in [-0.39, 0.29) is 5.69 Å². The van der Waals surface area contributed by atoms with Gasteiger partial charge in [-0.3, -0.25) is 10.1 Å². The molecule has 15 heavy (non-hydrogen) atoms. The predicted octanol–water partition coefficient (Wildman–Crippen LogP) is 1.55. The van der Waals surface area contributed by atoms with Gasteiger partial charge >= 0.3 is 0 Å². The first kappa shape index (κ1) is 9.32. The monoisotopic (exact) mass is 205 g/mol. The highest BCUT2D eigenvalue weighted by Gasteiger charge is 2.09. The maximum atomic E-state index is 10.5. The SMILES string of the molecule is COc1ncnc2cc([N+](=O)[O-])ccc12. The number of methoxy groups -OCH3 is 1. The lowest BCUT2D eigenvalue weighted by Gasteiger charge is -2.02. The Morgan fingerprint density at radius 2 is 2.20 bits per heavy atom. The molecule has 0 unspecified atom stereocenters. The molecular formula is C9H7N3O3. The van der Waals surface area contributed by atoms with E-state index in [1.165, 1.54) is 25.6 Å². The largest absolute Gasteiger partial charge is 0.480 e. The van der Waals surface area contributed by atoms with Crippen LogP contribution < -0.4 is 4.74 Å². The molecule has 0 aliphatic carbocycles.